The molecule has 0 aliphatic heterocycles. The lowest BCUT2D eigenvalue weighted by molar-refractivity contribution is -0.917. The summed E-state index contributed by atoms with van der Waals surface area (Å²) in [6.07, 6.45) is 17.3. The second-order valence-electron chi connectivity index (χ2n) is 8.11. The van der Waals surface area contributed by atoms with Crippen molar-refractivity contribution in [2.75, 3.05) is 21.1 Å². The molecule has 0 aromatic rings. The van der Waals surface area contributed by atoms with Gasteiger partial charge in [0.05, 0.1) is 21.1 Å². The van der Waals surface area contributed by atoms with Gasteiger partial charge in [0.1, 0.15) is 0 Å². The van der Waals surface area contributed by atoms with Gasteiger partial charge in [-0.25, -0.2) is 0 Å². The van der Waals surface area contributed by atoms with E-state index in [2.05, 4.69) is 35.0 Å². The molecule has 1 atom stereocenters. The summed E-state index contributed by atoms with van der Waals surface area (Å²) in [6, 6.07) is 0. The largest absolute Gasteiger partial charge is 0.412 e. The van der Waals surface area contributed by atoms with Crippen molar-refractivity contribution in [3.63, 3.8) is 0 Å². The Hall–Kier alpha value is -0.570. The van der Waals surface area contributed by atoms with E-state index in [9.17, 15) is 4.79 Å². The van der Waals surface area contributed by atoms with Crippen LogP contribution in [0.5, 0.6) is 0 Å². The summed E-state index contributed by atoms with van der Waals surface area (Å²) in [5, 5.41) is 0. The molecule has 0 heterocycles. The molecule has 0 saturated carbocycles. The third-order valence-electron chi connectivity index (χ3n) is 4.72. The predicted molar refractivity (Wildman–Crippen MR) is 104 cm³/mol. The summed E-state index contributed by atoms with van der Waals surface area (Å²) in [6.45, 7) is 4.34. The van der Waals surface area contributed by atoms with Crippen LogP contribution in [0.25, 0.3) is 0 Å². The van der Waals surface area contributed by atoms with E-state index in [0.717, 1.165) is 19.3 Å². The van der Waals surface area contributed by atoms with Crippen LogP contribution in [0.15, 0.2) is 0 Å². The molecular formula is C21H44NO2+. The van der Waals surface area contributed by atoms with Crippen LogP contribution in [0.2, 0.25) is 0 Å². The lowest BCUT2D eigenvalue weighted by Gasteiger charge is -2.32. The monoisotopic (exact) mass is 342 g/mol. The van der Waals surface area contributed by atoms with Crippen LogP contribution in [-0.4, -0.2) is 37.8 Å². The number of hydrogen-bond donors (Lipinski definition) is 0. The number of quaternary nitrogens is 1. The Balaban J connectivity index is 3.42. The third kappa shape index (κ3) is 13.8. The molecule has 0 amide bonds. The van der Waals surface area contributed by atoms with Gasteiger partial charge in [0.2, 0.25) is 6.23 Å². The van der Waals surface area contributed by atoms with Gasteiger partial charge >= 0.3 is 5.97 Å². The molecule has 3 nitrogen and oxygen atoms in total. The Labute approximate surface area is 151 Å². The Bertz CT molecular complexity index is 297. The van der Waals surface area contributed by atoms with Gasteiger partial charge < -0.3 is 4.74 Å². The number of carbonyl (C=O) groups is 1. The second-order valence-corrected chi connectivity index (χ2v) is 8.11. The average molecular weight is 343 g/mol. The first-order valence-corrected chi connectivity index (χ1v) is 10.4. The SMILES string of the molecule is CCCCCCCCCCCCCCC(=O)OC(CC)[N+](C)(C)C. The van der Waals surface area contributed by atoms with E-state index in [0.29, 0.717) is 10.9 Å². The van der Waals surface area contributed by atoms with Gasteiger partial charge in [-0.05, 0) is 6.42 Å². The van der Waals surface area contributed by atoms with Crippen molar-refractivity contribution in [2.24, 2.45) is 0 Å². The molecule has 3 heteroatoms. The van der Waals surface area contributed by atoms with Crippen LogP contribution in [0, 0.1) is 0 Å². The molecule has 1 unspecified atom stereocenters. The van der Waals surface area contributed by atoms with E-state index < -0.39 is 0 Å². The van der Waals surface area contributed by atoms with Gasteiger partial charge in [0.25, 0.3) is 0 Å². The topological polar surface area (TPSA) is 26.3 Å². The second kappa shape index (κ2) is 14.7. The molecule has 0 aliphatic rings. The van der Waals surface area contributed by atoms with Crippen LogP contribution >= 0.6 is 0 Å². The first-order chi connectivity index (χ1) is 11.4. The maximum Gasteiger partial charge on any atom is 0.310 e. The van der Waals surface area contributed by atoms with Crippen LogP contribution in [0.1, 0.15) is 104 Å². The van der Waals surface area contributed by atoms with Crippen LogP contribution < -0.4 is 0 Å². The van der Waals surface area contributed by atoms with Crippen molar-refractivity contribution in [1.82, 2.24) is 0 Å². The normalized spacial score (nSPS) is 13.0. The Kier molecular flexibility index (Phi) is 14.4. The molecule has 0 aromatic carbocycles. The fourth-order valence-electron chi connectivity index (χ4n) is 3.11. The zero-order valence-electron chi connectivity index (χ0n) is 17.2. The van der Waals surface area contributed by atoms with E-state index in [1.165, 1.54) is 64.2 Å². The molecule has 0 rings (SSSR count). The summed E-state index contributed by atoms with van der Waals surface area (Å²) < 4.78 is 6.28. The van der Waals surface area contributed by atoms with Crippen molar-refractivity contribution >= 4 is 5.97 Å². The molecule has 0 bridgehead atoms. The maximum absolute atomic E-state index is 11.9. The van der Waals surface area contributed by atoms with Gasteiger partial charge in [0, 0.05) is 12.8 Å². The molecule has 0 aliphatic carbocycles. The molecule has 0 aromatic heterocycles. The molecule has 24 heavy (non-hydrogen) atoms. The number of carbonyl (C=O) groups excluding carboxylic acids is 1. The lowest BCUT2D eigenvalue weighted by atomic mass is 10.0. The molecule has 144 valence electrons. The smallest absolute Gasteiger partial charge is 0.310 e. The maximum atomic E-state index is 11.9. The Morgan fingerprint density at radius 2 is 1.17 bits per heavy atom. The summed E-state index contributed by atoms with van der Waals surface area (Å²) in [7, 11) is 6.22. The van der Waals surface area contributed by atoms with Crippen molar-refractivity contribution < 1.29 is 14.0 Å². The number of ether oxygens (including phenoxy) is 1. The molecular weight excluding hydrogens is 298 g/mol. The molecule has 0 fully saturated rings. The average Bonchev–Trinajstić information content (AvgIpc) is 2.52. The first-order valence-electron chi connectivity index (χ1n) is 10.4. The Morgan fingerprint density at radius 1 is 0.750 bits per heavy atom. The van der Waals surface area contributed by atoms with Crippen LogP contribution in [0.3, 0.4) is 0 Å². The minimum absolute atomic E-state index is 0.0187. The van der Waals surface area contributed by atoms with Crippen molar-refractivity contribution in [2.45, 2.75) is 110 Å². The van der Waals surface area contributed by atoms with Gasteiger partial charge in [-0.3, -0.25) is 9.28 Å². The molecule has 0 spiro atoms. The number of unbranched alkanes of at least 4 members (excludes halogenated alkanes) is 11. The fourth-order valence-corrected chi connectivity index (χ4v) is 3.11. The summed E-state index contributed by atoms with van der Waals surface area (Å²) >= 11 is 0. The summed E-state index contributed by atoms with van der Waals surface area (Å²) in [5.74, 6) is -0.0259. The zero-order chi connectivity index (χ0) is 18.3. The van der Waals surface area contributed by atoms with Gasteiger partial charge in [-0.2, -0.15) is 0 Å². The number of hydrogen-bond acceptors (Lipinski definition) is 2. The lowest BCUT2D eigenvalue weighted by Crippen LogP contribution is -2.47. The highest BCUT2D eigenvalue weighted by molar-refractivity contribution is 5.69. The van der Waals surface area contributed by atoms with Crippen LogP contribution in [-0.2, 0) is 9.53 Å². The molecule has 0 saturated heterocycles. The van der Waals surface area contributed by atoms with E-state index in [1.54, 1.807) is 0 Å². The third-order valence-corrected chi connectivity index (χ3v) is 4.72. The predicted octanol–water partition coefficient (Wildman–Crippen LogP) is 6.06. The van der Waals surface area contributed by atoms with Gasteiger partial charge in [-0.1, -0.05) is 84.5 Å². The van der Waals surface area contributed by atoms with Crippen molar-refractivity contribution in [3.05, 3.63) is 0 Å². The van der Waals surface area contributed by atoms with E-state index in [1.807, 2.05) is 0 Å². The quantitative estimate of drug-likeness (QED) is 0.147. The zero-order valence-corrected chi connectivity index (χ0v) is 17.2. The van der Waals surface area contributed by atoms with Crippen molar-refractivity contribution in [1.29, 1.82) is 0 Å². The highest BCUT2D eigenvalue weighted by Crippen LogP contribution is 2.14. The minimum Gasteiger partial charge on any atom is -0.412 e. The number of nitrogens with zero attached hydrogens (tertiary/aromatic N) is 1. The number of rotatable bonds is 16. The fraction of sp³-hybridized carbons (Fsp3) is 0.952. The Morgan fingerprint density at radius 3 is 1.54 bits per heavy atom. The summed E-state index contributed by atoms with van der Waals surface area (Å²) in [4.78, 5) is 11.9. The van der Waals surface area contributed by atoms with E-state index in [4.69, 9.17) is 4.74 Å². The van der Waals surface area contributed by atoms with Gasteiger partial charge in [0.15, 0.2) is 0 Å². The molecule has 0 N–H and O–H groups in total. The highest BCUT2D eigenvalue weighted by atomic mass is 16.6. The summed E-state index contributed by atoms with van der Waals surface area (Å²) in [5.41, 5.74) is 0. The van der Waals surface area contributed by atoms with Crippen LogP contribution in [0.4, 0.5) is 0 Å². The van der Waals surface area contributed by atoms with Gasteiger partial charge in [-0.15, -0.1) is 0 Å². The highest BCUT2D eigenvalue weighted by Gasteiger charge is 2.25. The molecule has 0 radical (unpaired) electrons. The van der Waals surface area contributed by atoms with E-state index in [-0.39, 0.29) is 12.2 Å². The van der Waals surface area contributed by atoms with E-state index >= 15 is 0 Å². The number of esters is 1. The first kappa shape index (κ1) is 23.4. The minimum atomic E-state index is -0.0259. The standard InChI is InChI=1S/C21H44NO2/c1-6-8-9-10-11-12-13-14-15-16-17-18-19-21(23)24-20(7-2)22(3,4)5/h20H,6-19H2,1-5H3/q+1. The van der Waals surface area contributed by atoms with Crippen molar-refractivity contribution in [3.8, 4) is 0 Å².